The van der Waals surface area contributed by atoms with Crippen LogP contribution in [0.3, 0.4) is 0 Å². The lowest BCUT2D eigenvalue weighted by atomic mass is 10.2. The summed E-state index contributed by atoms with van der Waals surface area (Å²) in [6.07, 6.45) is 1.07. The van der Waals surface area contributed by atoms with E-state index in [9.17, 15) is 13.2 Å². The average Bonchev–Trinajstić information content (AvgIpc) is 2.17. The molecule has 0 saturated heterocycles. The molecular weight excluding hydrogens is 218 g/mol. The number of benzene rings is 1. The topological polar surface area (TPSA) is 100.0 Å². The summed E-state index contributed by atoms with van der Waals surface area (Å²) in [5, 5.41) is 2.88. The Morgan fingerprint density at radius 3 is 2.27 bits per heavy atom. The minimum Gasteiger partial charge on any atom is -0.287 e. The molecule has 1 aromatic rings. The molecule has 0 N–H and O–H groups in total. The van der Waals surface area contributed by atoms with Crippen molar-refractivity contribution in [2.45, 2.75) is 4.90 Å². The lowest BCUT2D eigenvalue weighted by molar-refractivity contribution is 0.100. The first-order valence-electron chi connectivity index (χ1n) is 3.84. The molecule has 78 valence electrons. The second-order valence-electron chi connectivity index (χ2n) is 2.79. The second kappa shape index (κ2) is 4.12. The number of hydrogen-bond acceptors (Lipinski definition) is 3. The second-order valence-corrected chi connectivity index (χ2v) is 4.81. The Morgan fingerprint density at radius 2 is 1.87 bits per heavy atom. The molecule has 1 rings (SSSR count). The number of carbonyl (C=O) groups excluding carboxylic acids is 1. The number of azide groups is 1. The maximum atomic E-state index is 11.1. The Labute approximate surface area is 86.1 Å². The molecule has 0 aromatic heterocycles. The van der Waals surface area contributed by atoms with Crippen LogP contribution in [0.2, 0.25) is 0 Å². The Bertz CT molecular complexity index is 527. The van der Waals surface area contributed by atoms with Crippen LogP contribution in [0, 0.1) is 0 Å². The van der Waals surface area contributed by atoms with Crippen molar-refractivity contribution in [1.29, 1.82) is 0 Å². The minimum atomic E-state index is -3.27. The van der Waals surface area contributed by atoms with Crippen molar-refractivity contribution in [1.82, 2.24) is 0 Å². The van der Waals surface area contributed by atoms with Crippen LogP contribution < -0.4 is 0 Å². The summed E-state index contributed by atoms with van der Waals surface area (Å²) in [6.45, 7) is 0. The SMILES string of the molecule is CS(=O)(=O)c1ccc(C(=O)N=[N+]=[N-])cc1. The third-order valence-corrected chi connectivity index (χ3v) is 2.79. The molecule has 0 spiro atoms. The van der Waals surface area contributed by atoms with Crippen LogP contribution in [-0.4, -0.2) is 20.6 Å². The van der Waals surface area contributed by atoms with Crippen molar-refractivity contribution >= 4 is 15.7 Å². The van der Waals surface area contributed by atoms with Crippen LogP contribution >= 0.6 is 0 Å². The molecule has 0 radical (unpaired) electrons. The molecule has 0 aliphatic rings. The predicted molar refractivity (Wildman–Crippen MR) is 53.0 cm³/mol. The summed E-state index contributed by atoms with van der Waals surface area (Å²) < 4.78 is 22.1. The fourth-order valence-corrected chi connectivity index (χ4v) is 1.57. The fraction of sp³-hybridized carbons (Fsp3) is 0.125. The number of hydrogen-bond donors (Lipinski definition) is 0. The lowest BCUT2D eigenvalue weighted by Crippen LogP contribution is -1.98. The molecule has 0 aliphatic carbocycles. The maximum absolute atomic E-state index is 11.1. The zero-order chi connectivity index (χ0) is 11.5. The van der Waals surface area contributed by atoms with Gasteiger partial charge < -0.3 is 0 Å². The summed E-state index contributed by atoms with van der Waals surface area (Å²) in [7, 11) is -3.27. The lowest BCUT2D eigenvalue weighted by Gasteiger charge is -1.98. The summed E-state index contributed by atoms with van der Waals surface area (Å²) in [5.41, 5.74) is 8.18. The molecule has 7 heteroatoms. The van der Waals surface area contributed by atoms with Crippen LogP contribution in [0.1, 0.15) is 10.4 Å². The van der Waals surface area contributed by atoms with E-state index in [1.807, 2.05) is 0 Å². The molecular formula is C8H7N3O3S. The van der Waals surface area contributed by atoms with E-state index in [0.29, 0.717) is 0 Å². The Balaban J connectivity index is 3.11. The average molecular weight is 225 g/mol. The van der Waals surface area contributed by atoms with E-state index in [1.165, 1.54) is 24.3 Å². The highest BCUT2D eigenvalue weighted by Crippen LogP contribution is 2.10. The molecule has 1 amide bonds. The number of amides is 1. The molecule has 15 heavy (non-hydrogen) atoms. The smallest absolute Gasteiger partial charge is 0.249 e. The van der Waals surface area contributed by atoms with E-state index in [4.69, 9.17) is 5.53 Å². The van der Waals surface area contributed by atoms with Crippen molar-refractivity contribution in [3.63, 3.8) is 0 Å². The van der Waals surface area contributed by atoms with Gasteiger partial charge in [0.05, 0.1) is 4.90 Å². The van der Waals surface area contributed by atoms with Gasteiger partial charge in [-0.15, -0.1) is 0 Å². The van der Waals surface area contributed by atoms with Crippen molar-refractivity contribution in [3.05, 3.63) is 40.3 Å². The Morgan fingerprint density at radius 1 is 1.33 bits per heavy atom. The molecule has 0 heterocycles. The highest BCUT2D eigenvalue weighted by molar-refractivity contribution is 7.90. The first kappa shape index (κ1) is 11.2. The number of carbonyl (C=O) groups is 1. The van der Waals surface area contributed by atoms with Crippen molar-refractivity contribution in [2.75, 3.05) is 6.26 Å². The zero-order valence-electron chi connectivity index (χ0n) is 7.78. The third-order valence-electron chi connectivity index (χ3n) is 1.66. The summed E-state index contributed by atoms with van der Waals surface area (Å²) in [4.78, 5) is 13.5. The Hall–Kier alpha value is -1.85. The van der Waals surface area contributed by atoms with Gasteiger partial charge in [-0.05, 0) is 34.9 Å². The quantitative estimate of drug-likeness (QED) is 0.433. The van der Waals surface area contributed by atoms with Crippen LogP contribution in [-0.2, 0) is 9.84 Å². The van der Waals surface area contributed by atoms with E-state index in [0.717, 1.165) is 6.26 Å². The number of sulfone groups is 1. The number of rotatable bonds is 2. The third kappa shape index (κ3) is 2.80. The van der Waals surface area contributed by atoms with E-state index >= 15 is 0 Å². The van der Waals surface area contributed by atoms with Gasteiger partial charge in [0.2, 0.25) is 5.91 Å². The molecule has 0 fully saturated rings. The normalized spacial score (nSPS) is 10.5. The van der Waals surface area contributed by atoms with Crippen molar-refractivity contribution in [3.8, 4) is 0 Å². The van der Waals surface area contributed by atoms with Crippen LogP contribution in [0.4, 0.5) is 0 Å². The molecule has 0 unspecified atom stereocenters. The van der Waals surface area contributed by atoms with Gasteiger partial charge in [-0.3, -0.25) is 4.79 Å². The maximum Gasteiger partial charge on any atom is 0.249 e. The first-order valence-corrected chi connectivity index (χ1v) is 5.74. The van der Waals surface area contributed by atoms with Gasteiger partial charge >= 0.3 is 0 Å². The highest BCUT2D eigenvalue weighted by Gasteiger charge is 2.08. The molecule has 0 bridgehead atoms. The zero-order valence-corrected chi connectivity index (χ0v) is 8.60. The molecule has 1 aromatic carbocycles. The standard InChI is InChI=1S/C8H7N3O3S/c1-15(13,14)7-4-2-6(3-5-7)8(12)10-11-9/h2-5H,1H3. The fourth-order valence-electron chi connectivity index (χ4n) is 0.943. The van der Waals surface area contributed by atoms with Crippen LogP contribution in [0.25, 0.3) is 10.4 Å². The van der Waals surface area contributed by atoms with E-state index < -0.39 is 15.7 Å². The molecule has 6 nitrogen and oxygen atoms in total. The largest absolute Gasteiger partial charge is 0.287 e. The summed E-state index contributed by atoms with van der Waals surface area (Å²) in [5.74, 6) is -0.738. The summed E-state index contributed by atoms with van der Waals surface area (Å²) in [6, 6.07) is 5.17. The monoisotopic (exact) mass is 225 g/mol. The first-order chi connectivity index (χ1) is 6.95. The Kier molecular flexibility index (Phi) is 3.08. The molecule has 0 saturated carbocycles. The van der Waals surface area contributed by atoms with Gasteiger partial charge in [0.25, 0.3) is 0 Å². The van der Waals surface area contributed by atoms with Crippen LogP contribution in [0.15, 0.2) is 34.3 Å². The van der Waals surface area contributed by atoms with Crippen molar-refractivity contribution in [2.24, 2.45) is 5.11 Å². The van der Waals surface area contributed by atoms with Crippen molar-refractivity contribution < 1.29 is 13.2 Å². The predicted octanol–water partition coefficient (Wildman–Crippen LogP) is 1.54. The van der Waals surface area contributed by atoms with Crippen LogP contribution in [0.5, 0.6) is 0 Å². The van der Waals surface area contributed by atoms with Gasteiger partial charge in [0, 0.05) is 16.7 Å². The molecule has 0 atom stereocenters. The van der Waals surface area contributed by atoms with E-state index in [1.54, 1.807) is 0 Å². The van der Waals surface area contributed by atoms with Gasteiger partial charge in [-0.1, -0.05) is 0 Å². The number of nitrogens with zero attached hydrogens (tertiary/aromatic N) is 3. The van der Waals surface area contributed by atoms with E-state index in [-0.39, 0.29) is 10.5 Å². The summed E-state index contributed by atoms with van der Waals surface area (Å²) >= 11 is 0. The van der Waals surface area contributed by atoms with E-state index in [2.05, 4.69) is 10.0 Å². The van der Waals surface area contributed by atoms with Gasteiger partial charge in [-0.2, -0.15) is 0 Å². The highest BCUT2D eigenvalue weighted by atomic mass is 32.2. The van der Waals surface area contributed by atoms with Gasteiger partial charge in [0.15, 0.2) is 9.84 Å². The van der Waals surface area contributed by atoms with Gasteiger partial charge in [-0.25, -0.2) is 8.42 Å². The molecule has 0 aliphatic heterocycles. The van der Waals surface area contributed by atoms with Gasteiger partial charge in [0.1, 0.15) is 0 Å². The minimum absolute atomic E-state index is 0.111.